The lowest BCUT2D eigenvalue weighted by atomic mass is 9.76. The second-order valence-electron chi connectivity index (χ2n) is 8.88. The molecule has 0 spiro atoms. The van der Waals surface area contributed by atoms with Crippen LogP contribution in [0, 0.1) is 29.4 Å². The number of benzene rings is 2. The van der Waals surface area contributed by atoms with Crippen LogP contribution in [-0.4, -0.2) is 0 Å². The molecule has 4 rings (SSSR count). The molecule has 2 aliphatic carbocycles. The van der Waals surface area contributed by atoms with E-state index in [2.05, 4.69) is 13.0 Å². The first-order valence-corrected chi connectivity index (χ1v) is 10.7. The van der Waals surface area contributed by atoms with Crippen LogP contribution in [0.5, 0.6) is 0 Å². The fourth-order valence-corrected chi connectivity index (χ4v) is 5.07. The Balaban J connectivity index is 1.41. The lowest BCUT2D eigenvalue weighted by Crippen LogP contribution is -2.18. The summed E-state index contributed by atoms with van der Waals surface area (Å²) in [6.07, 6.45) is 11.2. The van der Waals surface area contributed by atoms with Crippen molar-refractivity contribution in [1.82, 2.24) is 0 Å². The third-order valence-electron chi connectivity index (χ3n) is 6.93. The van der Waals surface area contributed by atoms with Crippen molar-refractivity contribution < 1.29 is 8.78 Å². The highest BCUT2D eigenvalue weighted by Gasteiger charge is 2.25. The SMILES string of the molecule is CC1CCC(CCC2CCc3c(ccc(-c4ccc(F)cc4)c3F)C2)CC1. The summed E-state index contributed by atoms with van der Waals surface area (Å²) in [5, 5.41) is 0. The third-order valence-corrected chi connectivity index (χ3v) is 6.93. The van der Waals surface area contributed by atoms with Gasteiger partial charge < -0.3 is 0 Å². The Labute approximate surface area is 162 Å². The Hall–Kier alpha value is -1.70. The molecule has 27 heavy (non-hydrogen) atoms. The Morgan fingerprint density at radius 2 is 1.52 bits per heavy atom. The molecule has 0 nitrogen and oxygen atoms in total. The maximum absolute atomic E-state index is 15.1. The molecule has 0 aromatic heterocycles. The molecular weight excluding hydrogens is 338 g/mol. The van der Waals surface area contributed by atoms with Gasteiger partial charge >= 0.3 is 0 Å². The number of rotatable bonds is 4. The van der Waals surface area contributed by atoms with Crippen LogP contribution in [0.4, 0.5) is 8.78 Å². The first-order valence-electron chi connectivity index (χ1n) is 10.7. The van der Waals surface area contributed by atoms with Crippen molar-refractivity contribution in [3.05, 3.63) is 59.2 Å². The predicted octanol–water partition coefficient (Wildman–Crippen LogP) is 7.34. The molecule has 1 atom stereocenters. The summed E-state index contributed by atoms with van der Waals surface area (Å²) < 4.78 is 28.2. The summed E-state index contributed by atoms with van der Waals surface area (Å²) in [5.74, 6) is 2.15. The van der Waals surface area contributed by atoms with Crippen molar-refractivity contribution in [2.75, 3.05) is 0 Å². The van der Waals surface area contributed by atoms with E-state index in [4.69, 9.17) is 0 Å². The van der Waals surface area contributed by atoms with Crippen LogP contribution in [0.2, 0.25) is 0 Å². The molecule has 0 saturated heterocycles. The van der Waals surface area contributed by atoms with Gasteiger partial charge in [0.1, 0.15) is 11.6 Å². The van der Waals surface area contributed by atoms with Gasteiger partial charge in [0.15, 0.2) is 0 Å². The Morgan fingerprint density at radius 3 is 2.26 bits per heavy atom. The lowest BCUT2D eigenvalue weighted by Gasteiger charge is -2.30. The van der Waals surface area contributed by atoms with Gasteiger partial charge in [-0.1, -0.05) is 63.3 Å². The Morgan fingerprint density at radius 1 is 0.815 bits per heavy atom. The van der Waals surface area contributed by atoms with Crippen LogP contribution in [0.15, 0.2) is 36.4 Å². The van der Waals surface area contributed by atoms with Gasteiger partial charge in [-0.3, -0.25) is 0 Å². The molecule has 0 amide bonds. The van der Waals surface area contributed by atoms with E-state index in [1.165, 1.54) is 56.2 Å². The largest absolute Gasteiger partial charge is 0.207 e. The first kappa shape index (κ1) is 18.7. The van der Waals surface area contributed by atoms with E-state index in [0.717, 1.165) is 42.2 Å². The van der Waals surface area contributed by atoms with Gasteiger partial charge in [0.2, 0.25) is 0 Å². The van der Waals surface area contributed by atoms with Crippen molar-refractivity contribution in [3.63, 3.8) is 0 Å². The van der Waals surface area contributed by atoms with E-state index in [9.17, 15) is 4.39 Å². The molecule has 144 valence electrons. The van der Waals surface area contributed by atoms with Crippen molar-refractivity contribution >= 4 is 0 Å². The highest BCUT2D eigenvalue weighted by molar-refractivity contribution is 5.66. The Kier molecular flexibility index (Phi) is 5.61. The molecule has 2 aromatic carbocycles. The smallest absolute Gasteiger partial charge is 0.134 e. The normalized spacial score (nSPS) is 25.2. The maximum Gasteiger partial charge on any atom is 0.134 e. The van der Waals surface area contributed by atoms with Crippen LogP contribution in [0.25, 0.3) is 11.1 Å². The van der Waals surface area contributed by atoms with Crippen molar-refractivity contribution in [1.29, 1.82) is 0 Å². The summed E-state index contributed by atoms with van der Waals surface area (Å²) >= 11 is 0. The average molecular weight is 369 g/mol. The van der Waals surface area contributed by atoms with Crippen LogP contribution in [-0.2, 0) is 12.8 Å². The van der Waals surface area contributed by atoms with Crippen LogP contribution < -0.4 is 0 Å². The first-order chi connectivity index (χ1) is 13.1. The minimum absolute atomic E-state index is 0.0983. The molecule has 2 aromatic rings. The summed E-state index contributed by atoms with van der Waals surface area (Å²) in [6, 6.07) is 10.1. The molecule has 0 aliphatic heterocycles. The second-order valence-corrected chi connectivity index (χ2v) is 8.88. The van der Waals surface area contributed by atoms with E-state index in [1.54, 1.807) is 12.1 Å². The van der Waals surface area contributed by atoms with Crippen LogP contribution in [0.1, 0.15) is 63.0 Å². The molecule has 1 unspecified atom stereocenters. The van der Waals surface area contributed by atoms with Gasteiger partial charge in [0.05, 0.1) is 0 Å². The van der Waals surface area contributed by atoms with Gasteiger partial charge in [0.25, 0.3) is 0 Å². The fourth-order valence-electron chi connectivity index (χ4n) is 5.07. The third kappa shape index (κ3) is 4.25. The second kappa shape index (κ2) is 8.12. The number of hydrogen-bond donors (Lipinski definition) is 0. The molecular formula is C25H30F2. The zero-order valence-electron chi connectivity index (χ0n) is 16.3. The highest BCUT2D eigenvalue weighted by atomic mass is 19.1. The van der Waals surface area contributed by atoms with Gasteiger partial charge in [-0.15, -0.1) is 0 Å². The quantitative estimate of drug-likeness (QED) is 0.529. The standard InChI is InChI=1S/C25H30F2/c1-17-2-4-18(5-3-17)6-7-19-8-14-24-21(16-19)11-15-23(25(24)27)20-9-12-22(26)13-10-20/h9-13,15,17-19H,2-8,14,16H2,1H3. The zero-order valence-corrected chi connectivity index (χ0v) is 16.3. The van der Waals surface area contributed by atoms with E-state index in [1.807, 2.05) is 6.07 Å². The molecule has 1 fully saturated rings. The lowest BCUT2D eigenvalue weighted by molar-refractivity contribution is 0.255. The van der Waals surface area contributed by atoms with Gasteiger partial charge in [-0.2, -0.15) is 0 Å². The summed E-state index contributed by atoms with van der Waals surface area (Å²) in [5.41, 5.74) is 3.43. The number of halogens is 2. The van der Waals surface area contributed by atoms with E-state index < -0.39 is 0 Å². The van der Waals surface area contributed by atoms with Crippen LogP contribution in [0.3, 0.4) is 0 Å². The summed E-state index contributed by atoms with van der Waals surface area (Å²) in [6.45, 7) is 2.38. The predicted molar refractivity (Wildman–Crippen MR) is 108 cm³/mol. The Bertz CT molecular complexity index is 770. The van der Waals surface area contributed by atoms with Gasteiger partial charge in [-0.25, -0.2) is 8.78 Å². The molecule has 0 heterocycles. The molecule has 0 N–H and O–H groups in total. The topological polar surface area (TPSA) is 0 Å². The highest BCUT2D eigenvalue weighted by Crippen LogP contribution is 2.37. The summed E-state index contributed by atoms with van der Waals surface area (Å²) in [4.78, 5) is 0. The van der Waals surface area contributed by atoms with E-state index in [-0.39, 0.29) is 11.6 Å². The average Bonchev–Trinajstić information content (AvgIpc) is 2.69. The molecule has 2 heteroatoms. The van der Waals surface area contributed by atoms with E-state index in [0.29, 0.717) is 11.5 Å². The van der Waals surface area contributed by atoms with Gasteiger partial charge in [-0.05, 0) is 72.3 Å². The van der Waals surface area contributed by atoms with Crippen molar-refractivity contribution in [3.8, 4) is 11.1 Å². The molecule has 2 aliphatic rings. The minimum atomic E-state index is -0.285. The molecule has 0 radical (unpaired) electrons. The van der Waals surface area contributed by atoms with Crippen molar-refractivity contribution in [2.45, 2.75) is 64.7 Å². The number of fused-ring (bicyclic) bond motifs is 1. The van der Waals surface area contributed by atoms with Crippen LogP contribution >= 0.6 is 0 Å². The van der Waals surface area contributed by atoms with Gasteiger partial charge in [0, 0.05) is 5.56 Å². The molecule has 0 bridgehead atoms. The minimum Gasteiger partial charge on any atom is -0.207 e. The fraction of sp³-hybridized carbons (Fsp3) is 0.520. The molecule has 1 saturated carbocycles. The van der Waals surface area contributed by atoms with E-state index >= 15 is 4.39 Å². The zero-order chi connectivity index (χ0) is 18.8. The maximum atomic E-state index is 15.1. The van der Waals surface area contributed by atoms with Crippen molar-refractivity contribution in [2.24, 2.45) is 17.8 Å². The number of hydrogen-bond acceptors (Lipinski definition) is 0. The summed E-state index contributed by atoms with van der Waals surface area (Å²) in [7, 11) is 0. The monoisotopic (exact) mass is 368 g/mol.